The lowest BCUT2D eigenvalue weighted by Crippen LogP contribution is -2.04. The van der Waals surface area contributed by atoms with Crippen molar-refractivity contribution in [3.63, 3.8) is 0 Å². The van der Waals surface area contributed by atoms with Crippen LogP contribution in [-0.2, 0) is 11.5 Å². The van der Waals surface area contributed by atoms with E-state index in [4.69, 9.17) is 0 Å². The van der Waals surface area contributed by atoms with Gasteiger partial charge in [0.15, 0.2) is 0 Å². The first-order chi connectivity index (χ1) is 9.69. The third-order valence-corrected chi connectivity index (χ3v) is 3.99. The summed E-state index contributed by atoms with van der Waals surface area (Å²) in [7, 11) is 0. The highest BCUT2D eigenvalue weighted by molar-refractivity contribution is 7.97. The van der Waals surface area contributed by atoms with Gasteiger partial charge >= 0.3 is 0 Å². The van der Waals surface area contributed by atoms with Gasteiger partial charge in [0.05, 0.1) is 5.75 Å². The summed E-state index contributed by atoms with van der Waals surface area (Å²) < 4.78 is 0. The van der Waals surface area contributed by atoms with E-state index in [1.54, 1.807) is 0 Å². The van der Waals surface area contributed by atoms with Crippen molar-refractivity contribution in [2.24, 2.45) is 0 Å². The Morgan fingerprint density at radius 3 is 2.65 bits per heavy atom. The highest BCUT2D eigenvalue weighted by atomic mass is 32.2. The summed E-state index contributed by atoms with van der Waals surface area (Å²) in [5, 5.41) is 3.25. The molecule has 0 radical (unpaired) electrons. The Morgan fingerprint density at radius 2 is 1.90 bits per heavy atom. The molecule has 4 heteroatoms. The van der Waals surface area contributed by atoms with Crippen LogP contribution in [-0.4, -0.2) is 16.5 Å². The average Bonchev–Trinajstić information content (AvgIpc) is 2.41. The van der Waals surface area contributed by atoms with Gasteiger partial charge in [-0.05, 0) is 31.9 Å². The Morgan fingerprint density at radius 1 is 1.10 bits per heavy atom. The topological polar surface area (TPSA) is 37.8 Å². The minimum absolute atomic E-state index is 0.842. The van der Waals surface area contributed by atoms with Gasteiger partial charge in [-0.2, -0.15) is 0 Å². The first-order valence-corrected chi connectivity index (χ1v) is 8.05. The van der Waals surface area contributed by atoms with Gasteiger partial charge in [-0.25, -0.2) is 9.97 Å². The van der Waals surface area contributed by atoms with Crippen molar-refractivity contribution in [2.75, 3.05) is 11.9 Å². The maximum Gasteiger partial charge on any atom is 0.140 e. The fraction of sp³-hybridized carbons (Fsp3) is 0.375. The number of nitrogens with one attached hydrogen (secondary N) is 1. The fourth-order valence-corrected chi connectivity index (χ4v) is 2.95. The highest BCUT2D eigenvalue weighted by Gasteiger charge is 2.03. The smallest absolute Gasteiger partial charge is 0.140 e. The van der Waals surface area contributed by atoms with Crippen LogP contribution in [0, 0.1) is 13.8 Å². The zero-order chi connectivity index (χ0) is 14.4. The number of thioether (sulfide) groups is 1. The van der Waals surface area contributed by atoms with Crippen LogP contribution in [0.15, 0.2) is 30.3 Å². The maximum atomic E-state index is 4.53. The molecule has 0 atom stereocenters. The number of hydrogen-bond donors (Lipinski definition) is 1. The number of nitrogens with zero attached hydrogens (tertiary/aromatic N) is 2. The Labute approximate surface area is 125 Å². The molecule has 3 nitrogen and oxygen atoms in total. The van der Waals surface area contributed by atoms with Crippen molar-refractivity contribution in [3.8, 4) is 0 Å². The van der Waals surface area contributed by atoms with Crippen LogP contribution in [0.5, 0.6) is 0 Å². The molecule has 1 aromatic carbocycles. The van der Waals surface area contributed by atoms with Gasteiger partial charge in [-0.3, -0.25) is 0 Å². The van der Waals surface area contributed by atoms with Crippen LogP contribution in [0.3, 0.4) is 0 Å². The van der Waals surface area contributed by atoms with Crippen LogP contribution in [0.4, 0.5) is 5.82 Å². The zero-order valence-electron chi connectivity index (χ0n) is 12.3. The first-order valence-electron chi connectivity index (χ1n) is 6.89. The molecule has 106 valence electrons. The van der Waals surface area contributed by atoms with E-state index < -0.39 is 0 Å². The van der Waals surface area contributed by atoms with Crippen molar-refractivity contribution in [2.45, 2.75) is 32.3 Å². The lowest BCUT2D eigenvalue weighted by Gasteiger charge is -2.08. The third kappa shape index (κ3) is 4.23. The van der Waals surface area contributed by atoms with E-state index in [9.17, 15) is 0 Å². The van der Waals surface area contributed by atoms with E-state index >= 15 is 0 Å². The molecule has 0 bridgehead atoms. The molecule has 0 amide bonds. The van der Waals surface area contributed by atoms with Crippen molar-refractivity contribution >= 4 is 17.6 Å². The normalized spacial score (nSPS) is 10.6. The molecule has 0 aliphatic rings. The first kappa shape index (κ1) is 14.9. The van der Waals surface area contributed by atoms with Gasteiger partial charge < -0.3 is 5.32 Å². The molecule has 0 unspecified atom stereocenters. The molecule has 0 saturated heterocycles. The van der Waals surface area contributed by atoms with E-state index in [0.29, 0.717) is 0 Å². The van der Waals surface area contributed by atoms with Crippen LogP contribution in [0.2, 0.25) is 0 Å². The van der Waals surface area contributed by atoms with Gasteiger partial charge in [0.25, 0.3) is 0 Å². The summed E-state index contributed by atoms with van der Waals surface area (Å²) >= 11 is 1.86. The maximum absolute atomic E-state index is 4.53. The van der Waals surface area contributed by atoms with E-state index in [1.807, 2.05) is 24.8 Å². The second-order valence-electron chi connectivity index (χ2n) is 4.76. The average molecular weight is 287 g/mol. The second kappa shape index (κ2) is 7.29. The number of aryl methyl sites for hydroxylation is 2. The molecule has 0 aliphatic heterocycles. The molecule has 1 aromatic heterocycles. The molecule has 2 aromatic rings. The predicted molar refractivity (Wildman–Crippen MR) is 87.1 cm³/mol. The van der Waals surface area contributed by atoms with Gasteiger partial charge in [0.1, 0.15) is 11.6 Å². The standard InChI is InChI=1S/C16H21N3S/c1-4-17-15-9-13(3)18-16(19-15)11-20-10-14-8-6-5-7-12(14)2/h5-9H,4,10-11H2,1-3H3,(H,17,18,19). The van der Waals surface area contributed by atoms with Gasteiger partial charge in [-0.1, -0.05) is 24.3 Å². The number of aromatic nitrogens is 2. The minimum atomic E-state index is 0.842. The fourth-order valence-electron chi connectivity index (χ4n) is 1.99. The predicted octanol–water partition coefficient (Wildman–Crippen LogP) is 3.96. The lowest BCUT2D eigenvalue weighted by atomic mass is 10.1. The summed E-state index contributed by atoms with van der Waals surface area (Å²) in [4.78, 5) is 9.03. The third-order valence-electron chi connectivity index (χ3n) is 3.01. The number of hydrogen-bond acceptors (Lipinski definition) is 4. The van der Waals surface area contributed by atoms with Crippen molar-refractivity contribution < 1.29 is 0 Å². The Bertz CT molecular complexity index is 569. The Hall–Kier alpha value is -1.55. The van der Waals surface area contributed by atoms with Crippen LogP contribution < -0.4 is 5.32 Å². The SMILES string of the molecule is CCNc1cc(C)nc(CSCc2ccccc2C)n1. The molecule has 0 saturated carbocycles. The molecule has 1 heterocycles. The van der Waals surface area contributed by atoms with E-state index in [0.717, 1.165) is 35.4 Å². The van der Waals surface area contributed by atoms with Crippen LogP contribution in [0.1, 0.15) is 29.6 Å². The van der Waals surface area contributed by atoms with E-state index in [-0.39, 0.29) is 0 Å². The van der Waals surface area contributed by atoms with Crippen LogP contribution in [0.25, 0.3) is 0 Å². The monoisotopic (exact) mass is 287 g/mol. The zero-order valence-corrected chi connectivity index (χ0v) is 13.1. The van der Waals surface area contributed by atoms with E-state index in [1.165, 1.54) is 11.1 Å². The minimum Gasteiger partial charge on any atom is -0.370 e. The van der Waals surface area contributed by atoms with Crippen molar-refractivity contribution in [1.29, 1.82) is 0 Å². The molecule has 20 heavy (non-hydrogen) atoms. The molecular weight excluding hydrogens is 266 g/mol. The quantitative estimate of drug-likeness (QED) is 0.872. The van der Waals surface area contributed by atoms with Gasteiger partial charge in [-0.15, -0.1) is 11.8 Å². The van der Waals surface area contributed by atoms with Gasteiger partial charge in [0, 0.05) is 24.1 Å². The molecule has 0 spiro atoms. The lowest BCUT2D eigenvalue weighted by molar-refractivity contribution is 0.986. The summed E-state index contributed by atoms with van der Waals surface area (Å²) in [6, 6.07) is 10.5. The summed E-state index contributed by atoms with van der Waals surface area (Å²) in [5.41, 5.74) is 3.75. The summed E-state index contributed by atoms with van der Waals surface area (Å²) in [6.07, 6.45) is 0. The Kier molecular flexibility index (Phi) is 5.41. The molecule has 0 fully saturated rings. The molecule has 2 rings (SSSR count). The van der Waals surface area contributed by atoms with Gasteiger partial charge in [0.2, 0.25) is 0 Å². The number of rotatable bonds is 6. The number of anilines is 1. The van der Waals surface area contributed by atoms with Crippen molar-refractivity contribution in [1.82, 2.24) is 9.97 Å². The molecular formula is C16H21N3S. The summed E-state index contributed by atoms with van der Waals surface area (Å²) in [6.45, 7) is 7.12. The molecule has 0 aliphatic carbocycles. The largest absolute Gasteiger partial charge is 0.370 e. The highest BCUT2D eigenvalue weighted by Crippen LogP contribution is 2.19. The van der Waals surface area contributed by atoms with Crippen molar-refractivity contribution in [3.05, 3.63) is 53.0 Å². The molecule has 1 N–H and O–H groups in total. The number of benzene rings is 1. The van der Waals surface area contributed by atoms with E-state index in [2.05, 4.69) is 53.4 Å². The summed E-state index contributed by atoms with van der Waals surface area (Å²) in [5.74, 6) is 3.67. The Balaban J connectivity index is 1.95. The van der Waals surface area contributed by atoms with Crippen LogP contribution >= 0.6 is 11.8 Å². The second-order valence-corrected chi connectivity index (χ2v) is 5.75.